The van der Waals surface area contributed by atoms with E-state index in [0.717, 1.165) is 0 Å². The second-order valence-corrected chi connectivity index (χ2v) is 5.87. The van der Waals surface area contributed by atoms with Gasteiger partial charge in [-0.15, -0.1) is 0 Å². The van der Waals surface area contributed by atoms with Crippen LogP contribution in [0.15, 0.2) is 40.0 Å². The lowest BCUT2D eigenvalue weighted by Gasteiger charge is -2.06. The molecule has 3 heterocycles. The number of pyridine rings is 1. The number of sulfonamides is 1. The van der Waals surface area contributed by atoms with E-state index in [0.29, 0.717) is 11.3 Å². The highest BCUT2D eigenvalue weighted by atomic mass is 32.2. The monoisotopic (exact) mass is 308 g/mol. The molecule has 0 aliphatic heterocycles. The lowest BCUT2D eigenvalue weighted by molar-refractivity contribution is 0.430. The minimum absolute atomic E-state index is 0.0151. The number of aromatic nitrogens is 3. The molecule has 0 saturated heterocycles. The highest BCUT2D eigenvalue weighted by molar-refractivity contribution is 7.92. The molecule has 4 N–H and O–H groups in total. The number of nitrogens with zero attached hydrogens (tertiary/aromatic N) is 3. The molecule has 21 heavy (non-hydrogen) atoms. The van der Waals surface area contributed by atoms with E-state index in [1.54, 1.807) is 31.3 Å². The Labute approximate surface area is 119 Å². The SMILES string of the molecule is Cc1cc(NS(=O)(=O)c2c(NN)nc3ccccn23)on1. The Morgan fingerprint density at radius 3 is 2.86 bits per heavy atom. The molecule has 0 unspecified atom stereocenters. The minimum Gasteiger partial charge on any atom is -0.338 e. The third-order valence-electron chi connectivity index (χ3n) is 2.74. The average Bonchev–Trinajstić information content (AvgIpc) is 3.01. The van der Waals surface area contributed by atoms with Crippen LogP contribution in [0.2, 0.25) is 0 Å². The zero-order valence-electron chi connectivity index (χ0n) is 10.9. The van der Waals surface area contributed by atoms with Crippen LogP contribution in [0, 0.1) is 6.92 Å². The minimum atomic E-state index is -3.95. The smallest absolute Gasteiger partial charge is 0.284 e. The molecule has 0 bridgehead atoms. The standard InChI is InChI=1S/C11H12N6O3S/c1-7-6-9(20-15-7)16-21(18,19)11-10(14-12)13-8-4-2-3-5-17(8)11/h2-6,14,16H,12H2,1H3. The van der Waals surface area contributed by atoms with Gasteiger partial charge in [0.05, 0.1) is 5.69 Å². The van der Waals surface area contributed by atoms with Crippen molar-refractivity contribution >= 4 is 27.4 Å². The van der Waals surface area contributed by atoms with Gasteiger partial charge in [-0.2, -0.15) is 8.42 Å². The van der Waals surface area contributed by atoms with Crippen LogP contribution in [0.3, 0.4) is 0 Å². The molecular formula is C11H12N6O3S. The topological polar surface area (TPSA) is 128 Å². The van der Waals surface area contributed by atoms with Gasteiger partial charge in [-0.05, 0) is 19.1 Å². The van der Waals surface area contributed by atoms with Crippen molar-refractivity contribution in [3.8, 4) is 0 Å². The molecule has 0 spiro atoms. The number of imidazole rings is 1. The molecule has 0 radical (unpaired) electrons. The Morgan fingerprint density at radius 1 is 1.38 bits per heavy atom. The Morgan fingerprint density at radius 2 is 2.19 bits per heavy atom. The molecule has 9 nitrogen and oxygen atoms in total. The van der Waals surface area contributed by atoms with Crippen molar-refractivity contribution in [3.63, 3.8) is 0 Å². The third-order valence-corrected chi connectivity index (χ3v) is 4.11. The van der Waals surface area contributed by atoms with Crippen molar-refractivity contribution in [1.82, 2.24) is 14.5 Å². The fourth-order valence-electron chi connectivity index (χ4n) is 1.92. The molecule has 0 saturated carbocycles. The molecule has 0 fully saturated rings. The van der Waals surface area contributed by atoms with Gasteiger partial charge in [-0.1, -0.05) is 11.2 Å². The molecular weight excluding hydrogens is 296 g/mol. The highest BCUT2D eigenvalue weighted by Crippen LogP contribution is 2.24. The van der Waals surface area contributed by atoms with Crippen LogP contribution < -0.4 is 16.0 Å². The van der Waals surface area contributed by atoms with Crippen LogP contribution >= 0.6 is 0 Å². The second-order valence-electron chi connectivity index (χ2n) is 4.28. The molecule has 0 aromatic carbocycles. The maximum Gasteiger partial charge on any atom is 0.284 e. The summed E-state index contributed by atoms with van der Waals surface area (Å²) >= 11 is 0. The van der Waals surface area contributed by atoms with Crippen molar-refractivity contribution in [2.45, 2.75) is 11.9 Å². The molecule has 0 aliphatic carbocycles. The number of aryl methyl sites for hydroxylation is 1. The zero-order valence-corrected chi connectivity index (χ0v) is 11.8. The average molecular weight is 308 g/mol. The van der Waals surface area contributed by atoms with E-state index >= 15 is 0 Å². The first-order valence-electron chi connectivity index (χ1n) is 5.91. The molecule has 0 amide bonds. The summed E-state index contributed by atoms with van der Waals surface area (Å²) in [4.78, 5) is 4.11. The van der Waals surface area contributed by atoms with E-state index in [-0.39, 0.29) is 16.7 Å². The summed E-state index contributed by atoms with van der Waals surface area (Å²) in [5.74, 6) is 5.40. The Bertz CT molecular complexity index is 898. The number of hydrogen-bond acceptors (Lipinski definition) is 7. The first-order chi connectivity index (χ1) is 10.0. The summed E-state index contributed by atoms with van der Waals surface area (Å²) in [5, 5.41) is 3.51. The van der Waals surface area contributed by atoms with E-state index in [2.05, 4.69) is 20.3 Å². The molecule has 110 valence electrons. The number of nitrogens with one attached hydrogen (secondary N) is 2. The van der Waals surface area contributed by atoms with Crippen LogP contribution in [-0.2, 0) is 10.0 Å². The fourth-order valence-corrected chi connectivity index (χ4v) is 3.15. The normalized spacial score (nSPS) is 11.7. The summed E-state index contributed by atoms with van der Waals surface area (Å²) < 4.78 is 33.6. The van der Waals surface area contributed by atoms with E-state index < -0.39 is 10.0 Å². The Balaban J connectivity index is 2.13. The van der Waals surface area contributed by atoms with Crippen LogP contribution in [0.5, 0.6) is 0 Å². The van der Waals surface area contributed by atoms with E-state index in [9.17, 15) is 8.42 Å². The number of nitrogens with two attached hydrogens (primary N) is 1. The van der Waals surface area contributed by atoms with E-state index in [1.807, 2.05) is 0 Å². The number of fused-ring (bicyclic) bond motifs is 1. The van der Waals surface area contributed by atoms with Gasteiger partial charge in [0.25, 0.3) is 10.0 Å². The van der Waals surface area contributed by atoms with Gasteiger partial charge in [0.15, 0.2) is 5.82 Å². The van der Waals surface area contributed by atoms with Crippen molar-refractivity contribution in [3.05, 3.63) is 36.2 Å². The Hall–Kier alpha value is -2.59. The van der Waals surface area contributed by atoms with Gasteiger partial charge in [0.2, 0.25) is 10.9 Å². The van der Waals surface area contributed by atoms with E-state index in [1.165, 1.54) is 10.5 Å². The van der Waals surface area contributed by atoms with Crippen LogP contribution in [0.1, 0.15) is 5.69 Å². The lowest BCUT2D eigenvalue weighted by Crippen LogP contribution is -2.18. The number of nitrogen functional groups attached to an aromatic ring is 1. The van der Waals surface area contributed by atoms with Crippen molar-refractivity contribution in [2.75, 3.05) is 10.1 Å². The van der Waals surface area contributed by atoms with Crippen LogP contribution in [0.25, 0.3) is 5.65 Å². The quantitative estimate of drug-likeness (QED) is 0.478. The van der Waals surface area contributed by atoms with Gasteiger partial charge in [0, 0.05) is 12.3 Å². The lowest BCUT2D eigenvalue weighted by atomic mass is 10.5. The highest BCUT2D eigenvalue weighted by Gasteiger charge is 2.26. The summed E-state index contributed by atoms with van der Waals surface area (Å²) in [6.07, 6.45) is 1.57. The Kier molecular flexibility index (Phi) is 3.03. The molecule has 0 atom stereocenters. The molecule has 3 aromatic rings. The van der Waals surface area contributed by atoms with Crippen LogP contribution in [-0.4, -0.2) is 23.0 Å². The summed E-state index contributed by atoms with van der Waals surface area (Å²) in [6.45, 7) is 1.68. The van der Waals surface area contributed by atoms with Crippen LogP contribution in [0.4, 0.5) is 11.7 Å². The maximum absolute atomic E-state index is 12.5. The predicted molar refractivity (Wildman–Crippen MR) is 75.1 cm³/mol. The third kappa shape index (κ3) is 2.30. The van der Waals surface area contributed by atoms with E-state index in [4.69, 9.17) is 10.4 Å². The van der Waals surface area contributed by atoms with Gasteiger partial charge >= 0.3 is 0 Å². The predicted octanol–water partition coefficient (Wildman–Crippen LogP) is 0.717. The molecule has 0 aliphatic rings. The first kappa shape index (κ1) is 13.4. The number of anilines is 2. The molecule has 10 heteroatoms. The maximum atomic E-state index is 12.5. The number of hydrogen-bond donors (Lipinski definition) is 3. The van der Waals surface area contributed by atoms with Gasteiger partial charge in [-0.3, -0.25) is 4.40 Å². The van der Waals surface area contributed by atoms with Crippen molar-refractivity contribution in [1.29, 1.82) is 0 Å². The largest absolute Gasteiger partial charge is 0.338 e. The summed E-state index contributed by atoms with van der Waals surface area (Å²) in [5.41, 5.74) is 3.29. The van der Waals surface area contributed by atoms with Gasteiger partial charge in [-0.25, -0.2) is 15.5 Å². The second kappa shape index (κ2) is 4.75. The van der Waals surface area contributed by atoms with Gasteiger partial charge in [0.1, 0.15) is 5.65 Å². The summed E-state index contributed by atoms with van der Waals surface area (Å²) in [6, 6.07) is 6.56. The van der Waals surface area contributed by atoms with Crippen molar-refractivity contribution < 1.29 is 12.9 Å². The fraction of sp³-hybridized carbons (Fsp3) is 0.0909. The van der Waals surface area contributed by atoms with Gasteiger partial charge < -0.3 is 9.95 Å². The molecule has 3 rings (SSSR count). The number of hydrazine groups is 1. The molecule has 3 aromatic heterocycles. The number of rotatable bonds is 4. The zero-order chi connectivity index (χ0) is 15.0. The summed E-state index contributed by atoms with van der Waals surface area (Å²) in [7, 11) is -3.95. The van der Waals surface area contributed by atoms with Crippen molar-refractivity contribution in [2.24, 2.45) is 5.84 Å². The first-order valence-corrected chi connectivity index (χ1v) is 7.39.